The molecule has 4 heteroatoms. The molecule has 2 rings (SSSR count). The zero-order chi connectivity index (χ0) is 13.3. The molecule has 0 unspecified atom stereocenters. The van der Waals surface area contributed by atoms with E-state index in [1.165, 1.54) is 7.11 Å². The summed E-state index contributed by atoms with van der Waals surface area (Å²) in [6, 6.07) is 5.68. The van der Waals surface area contributed by atoms with Crippen molar-refractivity contribution in [3.8, 4) is 11.8 Å². The number of ether oxygens (including phenoxy) is 2. The molecular weight excluding hydrogens is 230 g/mol. The second-order valence-electron chi connectivity index (χ2n) is 4.65. The number of carbonyl (C=O) groups excluding carboxylic acids is 1. The number of ketones is 1. The molecule has 4 nitrogen and oxygen atoms in total. The van der Waals surface area contributed by atoms with E-state index in [-0.39, 0.29) is 19.0 Å². The molecule has 18 heavy (non-hydrogen) atoms. The van der Waals surface area contributed by atoms with E-state index < -0.39 is 5.41 Å². The SMILES string of the molecule is COc1cc(C)c(C)cc1C(=O)C1(C#N)COC1. The van der Waals surface area contributed by atoms with E-state index >= 15 is 0 Å². The maximum Gasteiger partial charge on any atom is 0.191 e. The molecule has 0 saturated carbocycles. The molecule has 1 aliphatic rings. The van der Waals surface area contributed by atoms with Gasteiger partial charge in [-0.3, -0.25) is 4.79 Å². The molecule has 0 atom stereocenters. The Morgan fingerprint density at radius 2 is 2.00 bits per heavy atom. The maximum atomic E-state index is 12.4. The summed E-state index contributed by atoms with van der Waals surface area (Å²) in [6.07, 6.45) is 0. The Morgan fingerprint density at radius 1 is 1.39 bits per heavy atom. The van der Waals surface area contributed by atoms with Gasteiger partial charge in [0.1, 0.15) is 5.75 Å². The summed E-state index contributed by atoms with van der Waals surface area (Å²) in [5, 5.41) is 9.16. The third-order valence-corrected chi connectivity index (χ3v) is 3.41. The third-order valence-electron chi connectivity index (χ3n) is 3.41. The molecule has 0 bridgehead atoms. The van der Waals surface area contributed by atoms with Gasteiger partial charge in [-0.1, -0.05) is 0 Å². The van der Waals surface area contributed by atoms with Crippen molar-refractivity contribution >= 4 is 5.78 Å². The lowest BCUT2D eigenvalue weighted by Crippen LogP contribution is -2.48. The van der Waals surface area contributed by atoms with Gasteiger partial charge in [0, 0.05) is 0 Å². The number of nitrogens with zero attached hydrogens (tertiary/aromatic N) is 1. The van der Waals surface area contributed by atoms with Gasteiger partial charge in [-0.15, -0.1) is 0 Å². The summed E-state index contributed by atoms with van der Waals surface area (Å²) in [7, 11) is 1.53. The van der Waals surface area contributed by atoms with Gasteiger partial charge in [-0.2, -0.15) is 5.26 Å². The number of methoxy groups -OCH3 is 1. The summed E-state index contributed by atoms with van der Waals surface area (Å²) < 4.78 is 10.3. The van der Waals surface area contributed by atoms with Crippen molar-refractivity contribution in [3.63, 3.8) is 0 Å². The van der Waals surface area contributed by atoms with Crippen molar-refractivity contribution in [3.05, 3.63) is 28.8 Å². The molecule has 1 aliphatic heterocycles. The van der Waals surface area contributed by atoms with Gasteiger partial charge < -0.3 is 9.47 Å². The fourth-order valence-electron chi connectivity index (χ4n) is 1.95. The van der Waals surface area contributed by atoms with E-state index in [2.05, 4.69) is 6.07 Å². The highest BCUT2D eigenvalue weighted by Crippen LogP contribution is 2.35. The van der Waals surface area contributed by atoms with E-state index in [4.69, 9.17) is 14.7 Å². The molecule has 0 N–H and O–H groups in total. The molecule has 0 spiro atoms. The maximum absolute atomic E-state index is 12.4. The van der Waals surface area contributed by atoms with Crippen LogP contribution in [0.25, 0.3) is 0 Å². The zero-order valence-corrected chi connectivity index (χ0v) is 10.7. The van der Waals surface area contributed by atoms with Crippen molar-refractivity contribution in [1.29, 1.82) is 5.26 Å². The van der Waals surface area contributed by atoms with Crippen molar-refractivity contribution in [2.45, 2.75) is 13.8 Å². The first-order valence-electron chi connectivity index (χ1n) is 5.73. The number of Topliss-reactive ketones (excluding diaryl/α,β-unsaturated/α-hetero) is 1. The normalized spacial score (nSPS) is 16.6. The van der Waals surface area contributed by atoms with Crippen LogP contribution in [-0.2, 0) is 4.74 Å². The molecule has 1 heterocycles. The molecule has 1 aromatic carbocycles. The highest BCUT2D eigenvalue weighted by Gasteiger charge is 2.47. The fraction of sp³-hybridized carbons (Fsp3) is 0.429. The molecule has 94 valence electrons. The second-order valence-corrected chi connectivity index (χ2v) is 4.65. The van der Waals surface area contributed by atoms with Gasteiger partial charge in [0.05, 0.1) is 32.0 Å². The number of nitriles is 1. The lowest BCUT2D eigenvalue weighted by Gasteiger charge is -2.33. The van der Waals surface area contributed by atoms with Crippen molar-refractivity contribution in [2.24, 2.45) is 5.41 Å². The van der Waals surface area contributed by atoms with Crippen LogP contribution in [-0.4, -0.2) is 26.1 Å². The Kier molecular flexibility index (Phi) is 3.10. The highest BCUT2D eigenvalue weighted by atomic mass is 16.5. The average molecular weight is 245 g/mol. The van der Waals surface area contributed by atoms with Gasteiger partial charge in [-0.25, -0.2) is 0 Å². The number of hydrogen-bond acceptors (Lipinski definition) is 4. The topological polar surface area (TPSA) is 59.3 Å². The first-order valence-corrected chi connectivity index (χ1v) is 5.73. The minimum atomic E-state index is -1.03. The van der Waals surface area contributed by atoms with Crippen LogP contribution in [0.1, 0.15) is 21.5 Å². The molecule has 0 aromatic heterocycles. The Bertz CT molecular complexity index is 539. The lowest BCUT2D eigenvalue weighted by molar-refractivity contribution is -0.0567. The molecule has 0 amide bonds. The zero-order valence-electron chi connectivity index (χ0n) is 10.7. The Labute approximate surface area is 106 Å². The molecule has 1 fully saturated rings. The van der Waals surface area contributed by atoms with Crippen LogP contribution >= 0.6 is 0 Å². The van der Waals surface area contributed by atoms with Crippen molar-refractivity contribution < 1.29 is 14.3 Å². The van der Waals surface area contributed by atoms with Crippen LogP contribution in [0.5, 0.6) is 5.75 Å². The van der Waals surface area contributed by atoms with E-state index in [1.54, 1.807) is 6.07 Å². The summed E-state index contributed by atoms with van der Waals surface area (Å²) in [5.74, 6) is 0.306. The van der Waals surface area contributed by atoms with E-state index in [0.29, 0.717) is 11.3 Å². The Hall–Kier alpha value is -1.86. The minimum Gasteiger partial charge on any atom is -0.496 e. The predicted octanol–water partition coefficient (Wildman–Crippen LogP) is 2.03. The first-order chi connectivity index (χ1) is 8.54. The molecule has 1 aromatic rings. The van der Waals surface area contributed by atoms with E-state index in [1.807, 2.05) is 19.9 Å². The minimum absolute atomic E-state index is 0.165. The highest BCUT2D eigenvalue weighted by molar-refractivity contribution is 6.05. The predicted molar refractivity (Wildman–Crippen MR) is 65.7 cm³/mol. The second kappa shape index (κ2) is 4.43. The quantitative estimate of drug-likeness (QED) is 0.764. The van der Waals surface area contributed by atoms with Crippen LogP contribution in [0.4, 0.5) is 0 Å². The number of aryl methyl sites for hydroxylation is 2. The monoisotopic (exact) mass is 245 g/mol. The van der Waals surface area contributed by atoms with E-state index in [9.17, 15) is 4.79 Å². The number of carbonyl (C=O) groups is 1. The largest absolute Gasteiger partial charge is 0.496 e. The molecule has 0 radical (unpaired) electrons. The Balaban J connectivity index is 2.48. The summed E-state index contributed by atoms with van der Waals surface area (Å²) in [5.41, 5.74) is 1.49. The van der Waals surface area contributed by atoms with E-state index in [0.717, 1.165) is 11.1 Å². The number of rotatable bonds is 3. The lowest BCUT2D eigenvalue weighted by atomic mass is 9.79. The first kappa shape index (κ1) is 12.6. The van der Waals surface area contributed by atoms with Crippen molar-refractivity contribution in [1.82, 2.24) is 0 Å². The standard InChI is InChI=1S/C14H15NO3/c1-9-4-11(12(17-3)5-10(9)2)13(16)14(6-15)7-18-8-14/h4-5H,7-8H2,1-3H3. The smallest absolute Gasteiger partial charge is 0.191 e. The number of benzene rings is 1. The van der Waals surface area contributed by atoms with Crippen LogP contribution in [0.3, 0.4) is 0 Å². The summed E-state index contributed by atoms with van der Waals surface area (Å²) in [4.78, 5) is 12.4. The molecular formula is C14H15NO3. The van der Waals surface area contributed by atoms with Gasteiger partial charge in [0.25, 0.3) is 0 Å². The molecule has 1 saturated heterocycles. The van der Waals surface area contributed by atoms with Crippen LogP contribution < -0.4 is 4.74 Å². The third kappa shape index (κ3) is 1.77. The number of hydrogen-bond donors (Lipinski definition) is 0. The fourth-order valence-corrected chi connectivity index (χ4v) is 1.95. The van der Waals surface area contributed by atoms with Gasteiger partial charge >= 0.3 is 0 Å². The van der Waals surface area contributed by atoms with Crippen LogP contribution in [0.2, 0.25) is 0 Å². The van der Waals surface area contributed by atoms with Gasteiger partial charge in [0.2, 0.25) is 0 Å². The van der Waals surface area contributed by atoms with Crippen LogP contribution in [0, 0.1) is 30.6 Å². The van der Waals surface area contributed by atoms with Gasteiger partial charge in [0.15, 0.2) is 11.2 Å². The van der Waals surface area contributed by atoms with Crippen molar-refractivity contribution in [2.75, 3.05) is 20.3 Å². The van der Waals surface area contributed by atoms with Gasteiger partial charge in [-0.05, 0) is 37.1 Å². The van der Waals surface area contributed by atoms with Crippen LogP contribution in [0.15, 0.2) is 12.1 Å². The Morgan fingerprint density at radius 3 is 2.44 bits per heavy atom. The summed E-state index contributed by atoms with van der Waals surface area (Å²) in [6.45, 7) is 4.22. The average Bonchev–Trinajstić information content (AvgIpc) is 2.31. The molecule has 0 aliphatic carbocycles. The summed E-state index contributed by atoms with van der Waals surface area (Å²) >= 11 is 0.